The predicted molar refractivity (Wildman–Crippen MR) is 75.1 cm³/mol. The van der Waals surface area contributed by atoms with E-state index in [9.17, 15) is 5.26 Å². The largest absolute Gasteiger partial charge is 0.366 e. The van der Waals surface area contributed by atoms with Crippen molar-refractivity contribution in [2.75, 3.05) is 31.6 Å². The maximum atomic E-state index is 9.18. The lowest BCUT2D eigenvalue weighted by molar-refractivity contribution is 0.213. The van der Waals surface area contributed by atoms with Gasteiger partial charge in [-0.2, -0.15) is 5.26 Å². The Hall–Kier alpha value is -2.39. The van der Waals surface area contributed by atoms with Crippen molar-refractivity contribution in [2.45, 2.75) is 6.04 Å². The molecular formula is C14H16N6. The molecule has 3 heterocycles. The average Bonchev–Trinajstić information content (AvgIpc) is 3.02. The predicted octanol–water partition coefficient (Wildman–Crippen LogP) is 1.17. The molecule has 1 saturated heterocycles. The zero-order valence-electron chi connectivity index (χ0n) is 11.3. The molecule has 0 amide bonds. The van der Waals surface area contributed by atoms with Gasteiger partial charge in [0.1, 0.15) is 11.9 Å². The van der Waals surface area contributed by atoms with Gasteiger partial charge in [0, 0.05) is 38.2 Å². The highest BCUT2D eigenvalue weighted by Crippen LogP contribution is 2.26. The third kappa shape index (κ3) is 2.24. The number of pyridine rings is 1. The lowest BCUT2D eigenvalue weighted by Gasteiger charge is -2.39. The lowest BCUT2D eigenvalue weighted by Crippen LogP contribution is -2.47. The van der Waals surface area contributed by atoms with E-state index in [0.717, 1.165) is 31.1 Å². The molecular weight excluding hydrogens is 252 g/mol. The first-order valence-electron chi connectivity index (χ1n) is 6.59. The molecule has 1 atom stereocenters. The van der Waals surface area contributed by atoms with Crippen molar-refractivity contribution in [3.05, 3.63) is 42.2 Å². The van der Waals surface area contributed by atoms with Crippen molar-refractivity contribution in [2.24, 2.45) is 0 Å². The van der Waals surface area contributed by atoms with E-state index in [-0.39, 0.29) is 6.04 Å². The summed E-state index contributed by atoms with van der Waals surface area (Å²) < 4.78 is 0. The van der Waals surface area contributed by atoms with E-state index in [1.807, 2.05) is 18.3 Å². The fourth-order valence-electron chi connectivity index (χ4n) is 2.59. The number of nitrogens with zero attached hydrogens (tertiary/aromatic N) is 5. The molecule has 0 aliphatic carbocycles. The highest BCUT2D eigenvalue weighted by Gasteiger charge is 2.28. The van der Waals surface area contributed by atoms with E-state index in [4.69, 9.17) is 0 Å². The van der Waals surface area contributed by atoms with Crippen molar-refractivity contribution >= 4 is 5.69 Å². The van der Waals surface area contributed by atoms with Crippen molar-refractivity contribution in [3.8, 4) is 6.07 Å². The van der Waals surface area contributed by atoms with Crippen LogP contribution in [0.4, 0.5) is 5.69 Å². The molecule has 0 saturated carbocycles. The summed E-state index contributed by atoms with van der Waals surface area (Å²) in [7, 11) is 2.10. The Balaban J connectivity index is 1.87. The molecule has 1 unspecified atom stereocenters. The number of rotatable bonds is 2. The number of piperazine rings is 1. The molecule has 0 aromatic carbocycles. The smallest absolute Gasteiger partial charge is 0.163 e. The number of anilines is 1. The highest BCUT2D eigenvalue weighted by atomic mass is 15.3. The molecule has 6 nitrogen and oxygen atoms in total. The van der Waals surface area contributed by atoms with E-state index in [0.29, 0.717) is 5.69 Å². The zero-order valence-corrected chi connectivity index (χ0v) is 11.3. The van der Waals surface area contributed by atoms with Crippen molar-refractivity contribution in [1.82, 2.24) is 19.9 Å². The summed E-state index contributed by atoms with van der Waals surface area (Å²) in [6.07, 6.45) is 5.27. The van der Waals surface area contributed by atoms with E-state index in [1.54, 1.807) is 12.4 Å². The summed E-state index contributed by atoms with van der Waals surface area (Å²) in [5.41, 5.74) is 1.38. The van der Waals surface area contributed by atoms with Crippen LogP contribution < -0.4 is 4.90 Å². The summed E-state index contributed by atoms with van der Waals surface area (Å²) >= 11 is 0. The van der Waals surface area contributed by atoms with E-state index in [2.05, 4.69) is 37.9 Å². The normalized spacial score (nSPS) is 19.8. The molecule has 6 heteroatoms. The number of aromatic nitrogens is 3. The molecule has 1 aliphatic rings. The standard InChI is InChI=1S/C14H16N6/c1-19-7-8-20(10-13(19)14-17-5-6-18-14)12-3-2-4-16-11(12)9-15/h2-6,13H,7-8,10H2,1H3,(H,17,18). The van der Waals surface area contributed by atoms with Gasteiger partial charge in [-0.25, -0.2) is 9.97 Å². The molecule has 3 rings (SSSR count). The SMILES string of the molecule is CN1CCN(c2cccnc2C#N)CC1c1ncc[nH]1. The Labute approximate surface area is 117 Å². The van der Waals surface area contributed by atoms with Crippen LogP contribution in [0.25, 0.3) is 0 Å². The van der Waals surface area contributed by atoms with Gasteiger partial charge in [0.25, 0.3) is 0 Å². The van der Waals surface area contributed by atoms with Gasteiger partial charge in [0.15, 0.2) is 5.69 Å². The van der Waals surface area contributed by atoms with Crippen LogP contribution in [0, 0.1) is 11.3 Å². The Bertz CT molecular complexity index is 615. The average molecular weight is 268 g/mol. The number of aromatic amines is 1. The van der Waals surface area contributed by atoms with Crippen molar-refractivity contribution in [3.63, 3.8) is 0 Å². The second-order valence-electron chi connectivity index (χ2n) is 4.90. The molecule has 1 aliphatic heterocycles. The van der Waals surface area contributed by atoms with E-state index < -0.39 is 0 Å². The molecule has 102 valence electrons. The van der Waals surface area contributed by atoms with Gasteiger partial charge in [0.05, 0.1) is 11.7 Å². The summed E-state index contributed by atoms with van der Waals surface area (Å²) in [4.78, 5) is 16.2. The minimum Gasteiger partial charge on any atom is -0.366 e. The van der Waals surface area contributed by atoms with Crippen LogP contribution in [0.1, 0.15) is 17.6 Å². The Morgan fingerprint density at radius 2 is 2.25 bits per heavy atom. The molecule has 0 spiro atoms. The first-order chi connectivity index (χ1) is 9.79. The molecule has 2 aromatic heterocycles. The number of likely N-dealkylation sites (N-methyl/N-ethyl adjacent to an activating group) is 1. The van der Waals surface area contributed by atoms with Gasteiger partial charge in [-0.3, -0.25) is 4.90 Å². The Morgan fingerprint density at radius 3 is 3.00 bits per heavy atom. The minimum atomic E-state index is 0.200. The third-order valence-corrected chi connectivity index (χ3v) is 3.72. The Kier molecular flexibility index (Phi) is 3.35. The van der Waals surface area contributed by atoms with Crippen LogP contribution >= 0.6 is 0 Å². The molecule has 20 heavy (non-hydrogen) atoms. The first-order valence-corrected chi connectivity index (χ1v) is 6.59. The zero-order chi connectivity index (χ0) is 13.9. The van der Waals surface area contributed by atoms with Crippen LogP contribution in [-0.4, -0.2) is 46.5 Å². The summed E-state index contributed by atoms with van der Waals surface area (Å²) in [6.45, 7) is 2.60. The number of hydrogen-bond donors (Lipinski definition) is 1. The molecule has 1 N–H and O–H groups in total. The maximum Gasteiger partial charge on any atom is 0.163 e. The topological polar surface area (TPSA) is 71.8 Å². The maximum absolute atomic E-state index is 9.18. The summed E-state index contributed by atoms with van der Waals surface area (Å²) in [6, 6.07) is 6.19. The number of hydrogen-bond acceptors (Lipinski definition) is 5. The lowest BCUT2D eigenvalue weighted by atomic mass is 10.1. The monoisotopic (exact) mass is 268 g/mol. The van der Waals surface area contributed by atoms with Gasteiger partial charge >= 0.3 is 0 Å². The fourth-order valence-corrected chi connectivity index (χ4v) is 2.59. The quantitative estimate of drug-likeness (QED) is 0.885. The second kappa shape index (κ2) is 5.31. The van der Waals surface area contributed by atoms with Gasteiger partial charge in [-0.15, -0.1) is 0 Å². The second-order valence-corrected chi connectivity index (χ2v) is 4.90. The Morgan fingerprint density at radius 1 is 1.35 bits per heavy atom. The molecule has 0 bridgehead atoms. The van der Waals surface area contributed by atoms with Crippen molar-refractivity contribution in [1.29, 1.82) is 5.26 Å². The van der Waals surface area contributed by atoms with Crippen LogP contribution in [-0.2, 0) is 0 Å². The number of nitrogens with one attached hydrogen (secondary N) is 1. The fraction of sp³-hybridized carbons (Fsp3) is 0.357. The van der Waals surface area contributed by atoms with Gasteiger partial charge in [-0.05, 0) is 19.2 Å². The number of imidazole rings is 1. The number of H-pyrrole nitrogens is 1. The van der Waals surface area contributed by atoms with Crippen LogP contribution in [0.15, 0.2) is 30.7 Å². The van der Waals surface area contributed by atoms with Gasteiger partial charge in [0.2, 0.25) is 0 Å². The number of nitriles is 1. The highest BCUT2D eigenvalue weighted by molar-refractivity contribution is 5.56. The minimum absolute atomic E-state index is 0.200. The van der Waals surface area contributed by atoms with Gasteiger partial charge < -0.3 is 9.88 Å². The molecule has 1 fully saturated rings. The van der Waals surface area contributed by atoms with E-state index >= 15 is 0 Å². The van der Waals surface area contributed by atoms with Crippen LogP contribution in [0.5, 0.6) is 0 Å². The van der Waals surface area contributed by atoms with Crippen LogP contribution in [0.3, 0.4) is 0 Å². The van der Waals surface area contributed by atoms with Crippen molar-refractivity contribution < 1.29 is 0 Å². The summed E-state index contributed by atoms with van der Waals surface area (Å²) in [5, 5.41) is 9.18. The molecule has 2 aromatic rings. The summed E-state index contributed by atoms with van der Waals surface area (Å²) in [5.74, 6) is 0.958. The van der Waals surface area contributed by atoms with E-state index in [1.165, 1.54) is 0 Å². The van der Waals surface area contributed by atoms with Gasteiger partial charge in [-0.1, -0.05) is 0 Å². The molecule has 0 radical (unpaired) electrons. The first kappa shape index (κ1) is 12.6. The third-order valence-electron chi connectivity index (χ3n) is 3.72. The van der Waals surface area contributed by atoms with Crippen LogP contribution in [0.2, 0.25) is 0 Å².